The van der Waals surface area contributed by atoms with Gasteiger partial charge in [-0.2, -0.15) is 0 Å². The van der Waals surface area contributed by atoms with Crippen LogP contribution < -0.4 is 0 Å². The van der Waals surface area contributed by atoms with E-state index in [1.54, 1.807) is 42.4 Å². The summed E-state index contributed by atoms with van der Waals surface area (Å²) in [5.41, 5.74) is 3.27. The molecule has 112 valence electrons. The molecule has 0 atom stereocenters. The minimum absolute atomic E-state index is 0.0283. The van der Waals surface area contributed by atoms with Crippen LogP contribution in [0.2, 0.25) is 0 Å². The number of rotatable bonds is 0. The van der Waals surface area contributed by atoms with Gasteiger partial charge in [0.15, 0.2) is 0 Å². The highest BCUT2D eigenvalue weighted by Gasteiger charge is 2.25. The topological polar surface area (TPSA) is 66.4 Å². The maximum Gasteiger partial charge on any atom is 0.272 e. The fraction of sp³-hybridized carbons (Fsp3) is 0.250. The van der Waals surface area contributed by atoms with Gasteiger partial charge in [0.1, 0.15) is 5.69 Å². The molecule has 0 unspecified atom stereocenters. The first-order chi connectivity index (χ1) is 10.6. The molecule has 0 aliphatic carbocycles. The van der Waals surface area contributed by atoms with Gasteiger partial charge in [0.25, 0.3) is 11.8 Å². The van der Waals surface area contributed by atoms with Crippen LogP contribution in [0.1, 0.15) is 32.1 Å². The molecule has 0 N–H and O–H groups in total. The van der Waals surface area contributed by atoms with Crippen LogP contribution in [0, 0.1) is 0 Å². The largest absolute Gasteiger partial charge is 0.336 e. The smallest absolute Gasteiger partial charge is 0.272 e. The normalized spacial score (nSPS) is 15.4. The maximum atomic E-state index is 11.3. The predicted molar refractivity (Wildman–Crippen MR) is 80.1 cm³/mol. The maximum absolute atomic E-state index is 11.3. The van der Waals surface area contributed by atoms with Gasteiger partial charge in [0.05, 0.1) is 17.8 Å². The molecule has 2 aliphatic heterocycles. The Morgan fingerprint density at radius 2 is 1.59 bits per heavy atom. The lowest BCUT2D eigenvalue weighted by Crippen LogP contribution is -2.17. The molecule has 0 saturated carbocycles. The van der Waals surface area contributed by atoms with E-state index in [0.29, 0.717) is 18.8 Å². The summed E-state index contributed by atoms with van der Waals surface area (Å²) in [5.74, 6) is 0.105. The molecule has 6 heteroatoms. The van der Waals surface area contributed by atoms with Gasteiger partial charge in [0, 0.05) is 38.6 Å². The highest BCUT2D eigenvalue weighted by atomic mass is 16.2. The van der Waals surface area contributed by atoms with Crippen LogP contribution in [0.15, 0.2) is 36.7 Å². The van der Waals surface area contributed by atoms with Crippen molar-refractivity contribution in [2.24, 2.45) is 0 Å². The quantitative estimate of drug-likeness (QED) is 0.735. The standard InChI is InChI=1S/2C8H8N2O/c1-10-5-7-6(8(10)11)3-2-4-9-7;1-10-5-6-3-2-4-9-7(6)8(10)11/h2*2-4H,5H2,1H3. The molecule has 2 aromatic heterocycles. The lowest BCUT2D eigenvalue weighted by Gasteiger charge is -2.03. The van der Waals surface area contributed by atoms with Crippen molar-refractivity contribution in [3.8, 4) is 0 Å². The van der Waals surface area contributed by atoms with Crippen LogP contribution in [-0.2, 0) is 13.1 Å². The third kappa shape index (κ3) is 2.43. The van der Waals surface area contributed by atoms with Crippen LogP contribution in [0.5, 0.6) is 0 Å². The molecular weight excluding hydrogens is 280 g/mol. The molecule has 0 spiro atoms. The van der Waals surface area contributed by atoms with Crippen molar-refractivity contribution >= 4 is 11.8 Å². The van der Waals surface area contributed by atoms with Crippen molar-refractivity contribution in [2.75, 3.05) is 14.1 Å². The molecule has 4 heterocycles. The summed E-state index contributed by atoms with van der Waals surface area (Å²) in [6.45, 7) is 1.34. The SMILES string of the molecule is CN1Cc2cccnc2C1=O.CN1Cc2ncccc2C1=O. The van der Waals surface area contributed by atoms with Crippen molar-refractivity contribution in [3.63, 3.8) is 0 Å². The number of nitrogens with zero attached hydrogens (tertiary/aromatic N) is 4. The third-order valence-electron chi connectivity index (χ3n) is 3.70. The average molecular weight is 296 g/mol. The average Bonchev–Trinajstić information content (AvgIpc) is 2.98. The van der Waals surface area contributed by atoms with E-state index in [4.69, 9.17) is 0 Å². The van der Waals surface area contributed by atoms with Crippen molar-refractivity contribution in [2.45, 2.75) is 13.1 Å². The molecule has 4 rings (SSSR count). The van der Waals surface area contributed by atoms with Gasteiger partial charge in [-0.05, 0) is 18.2 Å². The zero-order chi connectivity index (χ0) is 15.7. The molecule has 0 aromatic carbocycles. The van der Waals surface area contributed by atoms with Gasteiger partial charge in [-0.1, -0.05) is 6.07 Å². The number of aromatic nitrogens is 2. The number of carbonyl (C=O) groups is 2. The van der Waals surface area contributed by atoms with Crippen LogP contribution in [0.25, 0.3) is 0 Å². The summed E-state index contributed by atoms with van der Waals surface area (Å²) < 4.78 is 0. The number of hydrogen-bond acceptors (Lipinski definition) is 4. The summed E-state index contributed by atoms with van der Waals surface area (Å²) >= 11 is 0. The summed E-state index contributed by atoms with van der Waals surface area (Å²) in [7, 11) is 3.56. The number of fused-ring (bicyclic) bond motifs is 2. The number of amides is 2. The van der Waals surface area contributed by atoms with E-state index in [-0.39, 0.29) is 11.8 Å². The molecule has 0 saturated heterocycles. The molecule has 0 radical (unpaired) electrons. The fourth-order valence-electron chi connectivity index (χ4n) is 2.53. The highest BCUT2D eigenvalue weighted by Crippen LogP contribution is 2.18. The Bertz CT molecular complexity index is 681. The Kier molecular flexibility index (Phi) is 3.58. The molecule has 2 aliphatic rings. The zero-order valence-corrected chi connectivity index (χ0v) is 12.5. The van der Waals surface area contributed by atoms with Gasteiger partial charge < -0.3 is 9.80 Å². The van der Waals surface area contributed by atoms with Crippen LogP contribution in [0.4, 0.5) is 0 Å². The monoisotopic (exact) mass is 296 g/mol. The zero-order valence-electron chi connectivity index (χ0n) is 12.5. The number of carbonyl (C=O) groups excluding carboxylic acids is 2. The van der Waals surface area contributed by atoms with E-state index in [2.05, 4.69) is 9.97 Å². The summed E-state index contributed by atoms with van der Waals surface area (Å²) in [6, 6.07) is 7.39. The summed E-state index contributed by atoms with van der Waals surface area (Å²) in [6.07, 6.45) is 3.36. The van der Waals surface area contributed by atoms with E-state index in [0.717, 1.165) is 16.8 Å². The van der Waals surface area contributed by atoms with Gasteiger partial charge in [-0.3, -0.25) is 19.6 Å². The second-order valence-corrected chi connectivity index (χ2v) is 5.33. The molecule has 0 bridgehead atoms. The summed E-state index contributed by atoms with van der Waals surface area (Å²) in [5, 5.41) is 0. The molecule has 6 nitrogen and oxygen atoms in total. The van der Waals surface area contributed by atoms with Crippen LogP contribution >= 0.6 is 0 Å². The second-order valence-electron chi connectivity index (χ2n) is 5.33. The van der Waals surface area contributed by atoms with E-state index < -0.39 is 0 Å². The first-order valence-corrected chi connectivity index (χ1v) is 6.96. The molecule has 0 fully saturated rings. The lowest BCUT2D eigenvalue weighted by molar-refractivity contribution is 0.0807. The van der Waals surface area contributed by atoms with Gasteiger partial charge in [-0.15, -0.1) is 0 Å². The molecule has 2 amide bonds. The van der Waals surface area contributed by atoms with E-state index in [1.165, 1.54) is 0 Å². The number of hydrogen-bond donors (Lipinski definition) is 0. The second kappa shape index (κ2) is 5.55. The molecule has 22 heavy (non-hydrogen) atoms. The van der Waals surface area contributed by atoms with Crippen molar-refractivity contribution < 1.29 is 9.59 Å². The van der Waals surface area contributed by atoms with E-state index >= 15 is 0 Å². The Labute approximate surface area is 128 Å². The van der Waals surface area contributed by atoms with E-state index in [1.807, 2.05) is 18.2 Å². The highest BCUT2D eigenvalue weighted by molar-refractivity contribution is 5.97. The fourth-order valence-corrected chi connectivity index (χ4v) is 2.53. The molecule has 2 aromatic rings. The number of pyridine rings is 2. The first kappa shape index (κ1) is 14.2. The lowest BCUT2D eigenvalue weighted by atomic mass is 10.2. The van der Waals surface area contributed by atoms with Gasteiger partial charge >= 0.3 is 0 Å². The predicted octanol–water partition coefficient (Wildman–Crippen LogP) is 1.33. The Morgan fingerprint density at radius 1 is 0.909 bits per heavy atom. The van der Waals surface area contributed by atoms with Gasteiger partial charge in [-0.25, -0.2) is 0 Å². The van der Waals surface area contributed by atoms with Crippen LogP contribution in [0.3, 0.4) is 0 Å². The molecular formula is C16H16N4O2. The Balaban J connectivity index is 0.000000131. The van der Waals surface area contributed by atoms with Crippen LogP contribution in [-0.4, -0.2) is 45.7 Å². The van der Waals surface area contributed by atoms with E-state index in [9.17, 15) is 9.59 Å². The van der Waals surface area contributed by atoms with Crippen molar-refractivity contribution in [3.05, 3.63) is 59.2 Å². The van der Waals surface area contributed by atoms with Gasteiger partial charge in [0.2, 0.25) is 0 Å². The minimum atomic E-state index is 0.0283. The van der Waals surface area contributed by atoms with Crippen molar-refractivity contribution in [1.29, 1.82) is 0 Å². The minimum Gasteiger partial charge on any atom is -0.336 e. The third-order valence-corrected chi connectivity index (χ3v) is 3.70. The summed E-state index contributed by atoms with van der Waals surface area (Å²) in [4.78, 5) is 34.0. The Morgan fingerprint density at radius 3 is 2.32 bits per heavy atom. The Hall–Kier alpha value is -2.76. The first-order valence-electron chi connectivity index (χ1n) is 6.96. The van der Waals surface area contributed by atoms with Crippen molar-refractivity contribution in [1.82, 2.24) is 19.8 Å².